The van der Waals surface area contributed by atoms with Crippen LogP contribution in [0.2, 0.25) is 0 Å². The minimum Gasteiger partial charge on any atom is -0.399 e. The van der Waals surface area contributed by atoms with E-state index in [-0.39, 0.29) is 0 Å². The number of benzene rings is 1. The van der Waals surface area contributed by atoms with Crippen molar-refractivity contribution in [2.45, 2.75) is 5.25 Å². The fraction of sp³-hybridized carbons (Fsp3) is 0.417. The zero-order valence-electron chi connectivity index (χ0n) is 9.98. The van der Waals surface area contributed by atoms with E-state index in [4.69, 9.17) is 5.73 Å². The number of aromatic nitrogens is 2. The molecule has 4 nitrogen and oxygen atoms in total. The van der Waals surface area contributed by atoms with Crippen molar-refractivity contribution >= 4 is 46.2 Å². The Morgan fingerprint density at radius 2 is 2.39 bits per heavy atom. The van der Waals surface area contributed by atoms with E-state index in [1.165, 1.54) is 17.3 Å². The number of nitrogen functional groups attached to an aromatic ring is 1. The summed E-state index contributed by atoms with van der Waals surface area (Å²) < 4.78 is 0. The number of nitrogens with two attached hydrogens (primary N) is 1. The third-order valence-electron chi connectivity index (χ3n) is 2.89. The molecule has 0 radical (unpaired) electrons. The smallest absolute Gasteiger partial charge is 0.201 e. The molecule has 2 aromatic rings. The molecule has 0 spiro atoms. The number of anilines is 2. The van der Waals surface area contributed by atoms with Gasteiger partial charge in [-0.3, -0.25) is 0 Å². The molecule has 0 bridgehead atoms. The van der Waals surface area contributed by atoms with Crippen LogP contribution in [0.4, 0.5) is 11.6 Å². The van der Waals surface area contributed by atoms with Crippen molar-refractivity contribution in [3.63, 3.8) is 0 Å². The highest BCUT2D eigenvalue weighted by molar-refractivity contribution is 8.06. The molecule has 0 amide bonds. The number of imidazole rings is 1. The maximum Gasteiger partial charge on any atom is 0.201 e. The largest absolute Gasteiger partial charge is 0.399 e. The van der Waals surface area contributed by atoms with Crippen molar-refractivity contribution < 1.29 is 0 Å². The van der Waals surface area contributed by atoms with Gasteiger partial charge in [-0.15, -0.1) is 0 Å². The van der Waals surface area contributed by atoms with Gasteiger partial charge in [0, 0.05) is 34.7 Å². The molecule has 1 unspecified atom stereocenters. The van der Waals surface area contributed by atoms with E-state index >= 15 is 0 Å². The van der Waals surface area contributed by atoms with Gasteiger partial charge in [0.1, 0.15) is 0 Å². The van der Waals surface area contributed by atoms with Crippen LogP contribution in [0.1, 0.15) is 0 Å². The maximum absolute atomic E-state index is 5.75. The number of aromatic amines is 1. The molecule has 2 heterocycles. The first kappa shape index (κ1) is 12.0. The van der Waals surface area contributed by atoms with Gasteiger partial charge in [0.2, 0.25) is 5.95 Å². The van der Waals surface area contributed by atoms with Crippen LogP contribution in [0.15, 0.2) is 18.2 Å². The van der Waals surface area contributed by atoms with Crippen molar-refractivity contribution in [1.29, 1.82) is 0 Å². The molecular weight excluding hydrogens is 264 g/mol. The average molecular weight is 280 g/mol. The summed E-state index contributed by atoms with van der Waals surface area (Å²) in [5.41, 5.74) is 8.46. The van der Waals surface area contributed by atoms with Gasteiger partial charge in [0.25, 0.3) is 0 Å². The van der Waals surface area contributed by atoms with Crippen molar-refractivity contribution in [3.8, 4) is 0 Å². The summed E-state index contributed by atoms with van der Waals surface area (Å²) in [6.45, 7) is 0.965. The lowest BCUT2D eigenvalue weighted by Gasteiger charge is -2.20. The average Bonchev–Trinajstić information content (AvgIpc) is 2.79. The standard InChI is InChI=1S/C12H16N4S2/c13-8-1-2-10-11(5-8)16-12(15-10)14-6-9-7-17-3-4-18-9/h1-2,5,9H,3-4,6-7,13H2,(H2,14,15,16). The third kappa shape index (κ3) is 2.70. The summed E-state index contributed by atoms with van der Waals surface area (Å²) in [5, 5.41) is 4.06. The molecule has 4 N–H and O–H groups in total. The molecule has 0 aliphatic carbocycles. The highest BCUT2D eigenvalue weighted by Gasteiger charge is 2.14. The molecule has 1 fully saturated rings. The van der Waals surface area contributed by atoms with Crippen LogP contribution in [-0.2, 0) is 0 Å². The first-order valence-corrected chi connectivity index (χ1v) is 8.20. The normalized spacial score (nSPS) is 20.1. The SMILES string of the molecule is Nc1ccc2nc(NCC3CSCCS3)[nH]c2c1. The van der Waals surface area contributed by atoms with Gasteiger partial charge in [0.15, 0.2) is 0 Å². The first-order valence-electron chi connectivity index (χ1n) is 6.00. The van der Waals surface area contributed by atoms with E-state index in [1.54, 1.807) is 0 Å². The number of hydrogen-bond acceptors (Lipinski definition) is 5. The van der Waals surface area contributed by atoms with Crippen molar-refractivity contribution in [3.05, 3.63) is 18.2 Å². The number of thioether (sulfide) groups is 2. The Morgan fingerprint density at radius 3 is 3.22 bits per heavy atom. The Bertz CT molecular complexity index is 534. The highest BCUT2D eigenvalue weighted by atomic mass is 32.2. The Kier molecular flexibility index (Phi) is 3.56. The molecule has 1 atom stereocenters. The number of H-pyrrole nitrogens is 1. The Balaban J connectivity index is 1.67. The number of rotatable bonds is 3. The van der Waals surface area contributed by atoms with E-state index in [2.05, 4.69) is 15.3 Å². The second-order valence-electron chi connectivity index (χ2n) is 4.31. The van der Waals surface area contributed by atoms with Crippen LogP contribution in [0.25, 0.3) is 11.0 Å². The molecule has 18 heavy (non-hydrogen) atoms. The Labute approximate surface area is 114 Å². The fourth-order valence-electron chi connectivity index (χ4n) is 1.98. The van der Waals surface area contributed by atoms with Crippen LogP contribution in [0, 0.1) is 0 Å². The summed E-state index contributed by atoms with van der Waals surface area (Å²) in [4.78, 5) is 7.76. The minimum absolute atomic E-state index is 0.682. The molecule has 6 heteroatoms. The zero-order chi connectivity index (χ0) is 12.4. The summed E-state index contributed by atoms with van der Waals surface area (Å²) in [7, 11) is 0. The monoisotopic (exact) mass is 280 g/mol. The molecule has 1 aliphatic rings. The number of nitrogens with zero attached hydrogens (tertiary/aromatic N) is 1. The Hall–Kier alpha value is -1.01. The van der Waals surface area contributed by atoms with E-state index in [9.17, 15) is 0 Å². The predicted molar refractivity (Wildman–Crippen MR) is 82.6 cm³/mol. The van der Waals surface area contributed by atoms with E-state index < -0.39 is 0 Å². The van der Waals surface area contributed by atoms with Gasteiger partial charge in [-0.05, 0) is 18.2 Å². The van der Waals surface area contributed by atoms with Gasteiger partial charge in [-0.2, -0.15) is 23.5 Å². The van der Waals surface area contributed by atoms with Crippen molar-refractivity contribution in [2.75, 3.05) is 34.9 Å². The molecule has 96 valence electrons. The highest BCUT2D eigenvalue weighted by Crippen LogP contribution is 2.24. The van der Waals surface area contributed by atoms with E-state index in [1.807, 2.05) is 41.7 Å². The molecule has 1 aromatic heterocycles. The van der Waals surface area contributed by atoms with Crippen LogP contribution in [0.3, 0.4) is 0 Å². The summed E-state index contributed by atoms with van der Waals surface area (Å²) in [5.74, 6) is 4.61. The molecule has 1 aromatic carbocycles. The molecule has 0 saturated carbocycles. The number of hydrogen-bond donors (Lipinski definition) is 3. The lowest BCUT2D eigenvalue weighted by molar-refractivity contribution is 0.987. The lowest BCUT2D eigenvalue weighted by Crippen LogP contribution is -2.23. The summed E-state index contributed by atoms with van der Waals surface area (Å²) in [6.07, 6.45) is 0. The van der Waals surface area contributed by atoms with Gasteiger partial charge in [-0.1, -0.05) is 0 Å². The van der Waals surface area contributed by atoms with Crippen molar-refractivity contribution in [2.24, 2.45) is 0 Å². The fourth-order valence-corrected chi connectivity index (χ4v) is 4.59. The van der Waals surface area contributed by atoms with Crippen LogP contribution < -0.4 is 11.1 Å². The van der Waals surface area contributed by atoms with Gasteiger partial charge in [0.05, 0.1) is 11.0 Å². The minimum atomic E-state index is 0.682. The molecule has 1 aliphatic heterocycles. The first-order chi connectivity index (χ1) is 8.81. The van der Waals surface area contributed by atoms with Crippen LogP contribution in [0.5, 0.6) is 0 Å². The van der Waals surface area contributed by atoms with Crippen LogP contribution >= 0.6 is 23.5 Å². The molecule has 1 saturated heterocycles. The summed E-state index contributed by atoms with van der Waals surface area (Å²) in [6, 6.07) is 5.73. The van der Waals surface area contributed by atoms with Crippen LogP contribution in [-0.4, -0.2) is 39.0 Å². The third-order valence-corrected chi connectivity index (χ3v) is 5.73. The van der Waals surface area contributed by atoms with E-state index in [0.29, 0.717) is 5.25 Å². The maximum atomic E-state index is 5.75. The zero-order valence-corrected chi connectivity index (χ0v) is 11.6. The molecular formula is C12H16N4S2. The van der Waals surface area contributed by atoms with Gasteiger partial charge in [-0.25, -0.2) is 4.98 Å². The molecule has 3 rings (SSSR count). The van der Waals surface area contributed by atoms with Gasteiger partial charge < -0.3 is 16.0 Å². The number of fused-ring (bicyclic) bond motifs is 1. The second kappa shape index (κ2) is 5.32. The number of nitrogens with one attached hydrogen (secondary N) is 2. The lowest BCUT2D eigenvalue weighted by atomic mass is 10.3. The second-order valence-corrected chi connectivity index (χ2v) is 6.87. The van der Waals surface area contributed by atoms with E-state index in [0.717, 1.165) is 29.2 Å². The van der Waals surface area contributed by atoms with Gasteiger partial charge >= 0.3 is 0 Å². The quantitative estimate of drug-likeness (QED) is 0.753. The predicted octanol–water partition coefficient (Wildman–Crippen LogP) is 2.41. The Morgan fingerprint density at radius 1 is 1.44 bits per heavy atom. The topological polar surface area (TPSA) is 66.7 Å². The summed E-state index contributed by atoms with van der Waals surface area (Å²) >= 11 is 4.08. The van der Waals surface area contributed by atoms with Crippen molar-refractivity contribution in [1.82, 2.24) is 9.97 Å².